The van der Waals surface area contributed by atoms with Crippen molar-refractivity contribution in [3.8, 4) is 0 Å². The minimum Gasteiger partial charge on any atom is -0.394 e. The van der Waals surface area contributed by atoms with Gasteiger partial charge in [0, 0.05) is 6.54 Å². The van der Waals surface area contributed by atoms with Gasteiger partial charge in [0.15, 0.2) is 11.6 Å². The fraction of sp³-hybridized carbons (Fsp3) is 0.400. The number of aromatic nitrogens is 1. The van der Waals surface area contributed by atoms with Crippen LogP contribution in [0, 0.1) is 0 Å². The van der Waals surface area contributed by atoms with E-state index >= 15 is 0 Å². The Hall–Kier alpha value is -2.50. The number of primary amides is 2. The van der Waals surface area contributed by atoms with E-state index in [-0.39, 0.29) is 24.8 Å². The molecule has 11 heteroatoms. The summed E-state index contributed by atoms with van der Waals surface area (Å²) in [5.74, 6) is 11.5. The van der Waals surface area contributed by atoms with Gasteiger partial charge in [0.05, 0.1) is 13.2 Å². The van der Waals surface area contributed by atoms with Crippen LogP contribution in [0.3, 0.4) is 0 Å². The summed E-state index contributed by atoms with van der Waals surface area (Å²) in [6.07, 6.45) is 0. The highest BCUT2D eigenvalue weighted by Gasteiger charge is 2.23. The fourth-order valence-electron chi connectivity index (χ4n) is 1.80. The number of anilines is 2. The lowest BCUT2D eigenvalue weighted by atomic mass is 10.5. The van der Waals surface area contributed by atoms with Gasteiger partial charge in [-0.25, -0.2) is 36.0 Å². The molecule has 0 unspecified atom stereocenters. The van der Waals surface area contributed by atoms with Crippen LogP contribution in [0.2, 0.25) is 0 Å². The van der Waals surface area contributed by atoms with Gasteiger partial charge >= 0.3 is 12.1 Å². The van der Waals surface area contributed by atoms with Gasteiger partial charge in [-0.2, -0.15) is 0 Å². The Bertz CT molecular complexity index is 479. The lowest BCUT2D eigenvalue weighted by Crippen LogP contribution is -2.49. The lowest BCUT2D eigenvalue weighted by Gasteiger charge is -2.31. The molecule has 1 aromatic rings. The van der Waals surface area contributed by atoms with Gasteiger partial charge in [-0.3, -0.25) is 0 Å². The number of hydrogen-bond acceptors (Lipinski definition) is 6. The molecule has 0 atom stereocenters. The van der Waals surface area contributed by atoms with E-state index in [1.54, 1.807) is 11.9 Å². The minimum absolute atomic E-state index is 0.160. The molecule has 9 N–H and O–H groups in total. The summed E-state index contributed by atoms with van der Waals surface area (Å²) < 4.78 is 1.38. The average molecular weight is 300 g/mol. The van der Waals surface area contributed by atoms with Crippen LogP contribution in [-0.2, 0) is 0 Å². The molecule has 0 fully saturated rings. The van der Waals surface area contributed by atoms with Crippen molar-refractivity contribution in [2.45, 2.75) is 6.92 Å². The van der Waals surface area contributed by atoms with Crippen molar-refractivity contribution in [2.24, 2.45) is 23.2 Å². The van der Waals surface area contributed by atoms with E-state index < -0.39 is 12.1 Å². The molecule has 11 nitrogen and oxygen atoms in total. The van der Waals surface area contributed by atoms with Crippen molar-refractivity contribution in [1.29, 1.82) is 0 Å². The number of urea groups is 2. The van der Waals surface area contributed by atoms with Gasteiger partial charge in [0.2, 0.25) is 0 Å². The van der Waals surface area contributed by atoms with E-state index in [0.717, 1.165) is 0 Å². The average Bonchev–Trinajstić information content (AvgIpc) is 2.86. The van der Waals surface area contributed by atoms with Crippen LogP contribution in [0.15, 0.2) is 12.1 Å². The quantitative estimate of drug-likeness (QED) is 0.230. The highest BCUT2D eigenvalue weighted by molar-refractivity contribution is 5.92. The minimum atomic E-state index is -0.899. The molecule has 0 aliphatic heterocycles. The molecule has 4 amide bonds. The maximum atomic E-state index is 11.2. The zero-order valence-corrected chi connectivity index (χ0v) is 11.6. The van der Waals surface area contributed by atoms with Crippen LogP contribution < -0.4 is 38.2 Å². The Morgan fingerprint density at radius 3 is 1.86 bits per heavy atom. The lowest BCUT2D eigenvalue weighted by molar-refractivity contribution is 0.253. The molecule has 1 heterocycles. The summed E-state index contributed by atoms with van der Waals surface area (Å²) >= 11 is 0. The highest BCUT2D eigenvalue weighted by atomic mass is 16.3. The number of nitrogens with two attached hydrogens (primary N) is 4. The Labute approximate surface area is 121 Å². The van der Waals surface area contributed by atoms with E-state index in [0.29, 0.717) is 16.6 Å². The summed E-state index contributed by atoms with van der Waals surface area (Å²) in [6, 6.07) is 1.10. The topological polar surface area (TPSA) is 173 Å². The van der Waals surface area contributed by atoms with E-state index in [2.05, 4.69) is 0 Å². The number of rotatable bonds is 6. The monoisotopic (exact) mass is 300 g/mol. The van der Waals surface area contributed by atoms with Crippen molar-refractivity contribution in [3.05, 3.63) is 12.1 Å². The predicted octanol–water partition coefficient (Wildman–Crippen LogP) is -2.04. The number of likely N-dealkylation sites (N-methyl/N-ethyl adjacent to an activating group) is 1. The fourth-order valence-corrected chi connectivity index (χ4v) is 1.80. The van der Waals surface area contributed by atoms with E-state index in [9.17, 15) is 9.59 Å². The molecule has 0 aromatic carbocycles. The molecule has 1 aromatic heterocycles. The normalized spacial score (nSPS) is 10.3. The van der Waals surface area contributed by atoms with Crippen molar-refractivity contribution >= 4 is 23.7 Å². The third-order valence-electron chi connectivity index (χ3n) is 2.79. The highest BCUT2D eigenvalue weighted by Crippen LogP contribution is 2.24. The first-order valence-electron chi connectivity index (χ1n) is 6.11. The number of hydrogen-bond donors (Lipinski definition) is 5. The molecule has 0 spiro atoms. The first-order chi connectivity index (χ1) is 9.84. The van der Waals surface area contributed by atoms with Gasteiger partial charge in [0.25, 0.3) is 0 Å². The van der Waals surface area contributed by atoms with Gasteiger partial charge in [-0.05, 0) is 19.1 Å². The molecule has 0 radical (unpaired) electrons. The number of nitrogens with zero attached hydrogens (tertiary/aromatic N) is 4. The summed E-state index contributed by atoms with van der Waals surface area (Å²) in [4.78, 5) is 22.5. The molecular formula is C10H20N8O3. The molecule has 21 heavy (non-hydrogen) atoms. The van der Waals surface area contributed by atoms with Gasteiger partial charge < -0.3 is 21.6 Å². The van der Waals surface area contributed by atoms with Crippen molar-refractivity contribution < 1.29 is 14.7 Å². The molecule has 0 saturated carbocycles. The van der Waals surface area contributed by atoms with Crippen LogP contribution in [-0.4, -0.2) is 41.5 Å². The van der Waals surface area contributed by atoms with E-state index in [1.165, 1.54) is 16.8 Å². The predicted molar refractivity (Wildman–Crippen MR) is 77.6 cm³/mol. The molecular weight excluding hydrogens is 280 g/mol. The second-order valence-electron chi connectivity index (χ2n) is 4.05. The summed E-state index contributed by atoms with van der Waals surface area (Å²) in [5, 5.41) is 12.1. The SMILES string of the molecule is CCN(CCO)n1c(N(N)C(N)=O)ccc1N(N)C(N)=O. The first kappa shape index (κ1) is 16.6. The number of hydrazine groups is 2. The molecule has 0 aliphatic carbocycles. The van der Waals surface area contributed by atoms with Gasteiger partial charge in [0.1, 0.15) is 0 Å². The van der Waals surface area contributed by atoms with Gasteiger partial charge in [-0.1, -0.05) is 0 Å². The zero-order chi connectivity index (χ0) is 16.2. The number of aliphatic hydroxyl groups excluding tert-OH is 1. The third kappa shape index (κ3) is 3.34. The van der Waals surface area contributed by atoms with E-state index in [1.807, 2.05) is 0 Å². The van der Waals surface area contributed by atoms with Crippen LogP contribution in [0.1, 0.15) is 6.92 Å². The molecule has 1 rings (SSSR count). The van der Waals surface area contributed by atoms with Crippen LogP contribution in [0.4, 0.5) is 21.2 Å². The van der Waals surface area contributed by atoms with E-state index in [4.69, 9.17) is 28.3 Å². The van der Waals surface area contributed by atoms with Crippen molar-refractivity contribution in [3.63, 3.8) is 0 Å². The number of aliphatic hydroxyl groups is 1. The second kappa shape index (κ2) is 6.78. The van der Waals surface area contributed by atoms with Crippen LogP contribution in [0.25, 0.3) is 0 Å². The van der Waals surface area contributed by atoms with Crippen LogP contribution in [0.5, 0.6) is 0 Å². The second-order valence-corrected chi connectivity index (χ2v) is 4.05. The number of amides is 4. The standard InChI is InChI=1S/C10H20N8O3/c1-2-15(5-6-19)18-7(16(13)9(11)20)3-4-8(18)17(14)10(12)21/h3-4,19H,2,5-6,13-14H2,1H3,(H2,11,20)(H2,12,21). The number of carbonyl (C=O) groups is 2. The molecule has 118 valence electrons. The Morgan fingerprint density at radius 1 is 1.14 bits per heavy atom. The maximum absolute atomic E-state index is 11.2. The van der Waals surface area contributed by atoms with Crippen molar-refractivity contribution in [2.75, 3.05) is 34.7 Å². The van der Waals surface area contributed by atoms with Crippen LogP contribution >= 0.6 is 0 Å². The summed E-state index contributed by atoms with van der Waals surface area (Å²) in [6.45, 7) is 2.30. The maximum Gasteiger partial charge on any atom is 0.335 e. The molecule has 0 saturated heterocycles. The van der Waals surface area contributed by atoms with Gasteiger partial charge in [-0.15, -0.1) is 0 Å². The Kier molecular flexibility index (Phi) is 5.35. The zero-order valence-electron chi connectivity index (χ0n) is 11.6. The third-order valence-corrected chi connectivity index (χ3v) is 2.79. The smallest absolute Gasteiger partial charge is 0.335 e. The summed E-state index contributed by atoms with van der Waals surface area (Å²) in [7, 11) is 0. The first-order valence-corrected chi connectivity index (χ1v) is 6.11. The molecule has 0 bridgehead atoms. The molecule has 0 aliphatic rings. The number of carbonyl (C=O) groups excluding carboxylic acids is 2. The summed E-state index contributed by atoms with van der Waals surface area (Å²) in [5.41, 5.74) is 10.3. The van der Waals surface area contributed by atoms with Crippen molar-refractivity contribution in [1.82, 2.24) is 4.68 Å². The Morgan fingerprint density at radius 2 is 1.57 bits per heavy atom. The largest absolute Gasteiger partial charge is 0.394 e. The Balaban J connectivity index is 3.39.